The number of rotatable bonds is 1. The molecule has 0 bridgehead atoms. The minimum atomic E-state index is 0.546. The van der Waals surface area contributed by atoms with Gasteiger partial charge in [0.05, 0.1) is 5.69 Å². The maximum absolute atomic E-state index is 4.80. The fraction of sp³-hybridized carbons (Fsp3) is 0.192. The summed E-state index contributed by atoms with van der Waals surface area (Å²) in [7, 11) is 0. The maximum Gasteiger partial charge on any atom is 0.0799 e. The van der Waals surface area contributed by atoms with Crippen LogP contribution in [0.4, 0.5) is 0 Å². The zero-order chi connectivity index (χ0) is 18.1. The molecule has 0 N–H and O–H groups in total. The van der Waals surface area contributed by atoms with Crippen LogP contribution in [0.2, 0.25) is 0 Å². The third kappa shape index (κ3) is 2.98. The van der Waals surface area contributed by atoms with Crippen molar-refractivity contribution in [1.82, 2.24) is 4.98 Å². The Morgan fingerprint density at radius 1 is 0.741 bits per heavy atom. The van der Waals surface area contributed by atoms with Gasteiger partial charge >= 0.3 is 0 Å². The molecule has 1 saturated carbocycles. The highest BCUT2D eigenvalue weighted by molar-refractivity contribution is 6.05. The van der Waals surface area contributed by atoms with Crippen LogP contribution < -0.4 is 0 Å². The lowest BCUT2D eigenvalue weighted by atomic mass is 9.93. The molecule has 1 heterocycles. The van der Waals surface area contributed by atoms with Crippen molar-refractivity contribution in [3.63, 3.8) is 0 Å². The second-order valence-electron chi connectivity index (χ2n) is 7.34. The zero-order valence-corrected chi connectivity index (χ0v) is 15.3. The van der Waals surface area contributed by atoms with E-state index in [1.165, 1.54) is 47.2 Å². The molecular formula is C26H21N. The van der Waals surface area contributed by atoms with Gasteiger partial charge in [0.25, 0.3) is 0 Å². The molecule has 1 fully saturated rings. The molecule has 0 unspecified atom stereocenters. The van der Waals surface area contributed by atoms with E-state index in [1.807, 2.05) is 6.20 Å². The molecule has 0 aliphatic heterocycles. The lowest BCUT2D eigenvalue weighted by molar-refractivity contribution is 0.712. The number of hydrogen-bond acceptors (Lipinski definition) is 1. The molecule has 0 atom stereocenters. The van der Waals surface area contributed by atoms with Gasteiger partial charge < -0.3 is 0 Å². The summed E-state index contributed by atoms with van der Waals surface area (Å²) >= 11 is 0. The monoisotopic (exact) mass is 347 g/mol. The van der Waals surface area contributed by atoms with Crippen LogP contribution in [0.25, 0.3) is 32.8 Å². The van der Waals surface area contributed by atoms with Crippen molar-refractivity contribution in [3.8, 4) is 23.1 Å². The average molecular weight is 347 g/mol. The van der Waals surface area contributed by atoms with Crippen LogP contribution in [-0.4, -0.2) is 4.98 Å². The van der Waals surface area contributed by atoms with Crippen LogP contribution in [0.5, 0.6) is 0 Å². The first-order valence-corrected chi connectivity index (χ1v) is 9.77. The van der Waals surface area contributed by atoms with Gasteiger partial charge in [-0.25, -0.2) is 0 Å². The minimum absolute atomic E-state index is 0.546. The van der Waals surface area contributed by atoms with E-state index in [4.69, 9.17) is 4.98 Å². The molecule has 4 aromatic rings. The standard InChI is InChI=1S/C26H21N/c1-2-8-19(7-1)13-14-22-16-15-20-9-3-5-11-23(20)25(22)26-24-12-6-4-10-21(24)17-18-27-26/h3-6,9-12,15-19H,1-2,7-8H2. The summed E-state index contributed by atoms with van der Waals surface area (Å²) in [5.74, 6) is 7.61. The van der Waals surface area contributed by atoms with E-state index in [9.17, 15) is 0 Å². The van der Waals surface area contributed by atoms with Crippen molar-refractivity contribution in [2.24, 2.45) is 5.92 Å². The smallest absolute Gasteiger partial charge is 0.0799 e. The fourth-order valence-electron chi connectivity index (χ4n) is 4.20. The predicted molar refractivity (Wildman–Crippen MR) is 114 cm³/mol. The van der Waals surface area contributed by atoms with Gasteiger partial charge in [-0.1, -0.05) is 79.3 Å². The summed E-state index contributed by atoms with van der Waals surface area (Å²) in [4.78, 5) is 4.80. The van der Waals surface area contributed by atoms with Gasteiger partial charge in [-0.05, 0) is 41.1 Å². The second-order valence-corrected chi connectivity index (χ2v) is 7.34. The number of nitrogens with zero attached hydrogens (tertiary/aromatic N) is 1. The molecule has 0 amide bonds. The van der Waals surface area contributed by atoms with Crippen LogP contribution in [0.3, 0.4) is 0 Å². The third-order valence-electron chi connectivity index (χ3n) is 5.61. The van der Waals surface area contributed by atoms with E-state index in [1.54, 1.807) is 0 Å². The molecule has 27 heavy (non-hydrogen) atoms. The summed E-state index contributed by atoms with van der Waals surface area (Å²) in [5, 5.41) is 4.85. The Balaban J connectivity index is 1.79. The Hall–Kier alpha value is -3.11. The highest BCUT2D eigenvalue weighted by atomic mass is 14.7. The van der Waals surface area contributed by atoms with E-state index < -0.39 is 0 Å². The van der Waals surface area contributed by atoms with Crippen molar-refractivity contribution in [3.05, 3.63) is 78.5 Å². The first-order chi connectivity index (χ1) is 13.4. The molecule has 1 aliphatic carbocycles. The van der Waals surface area contributed by atoms with Crippen molar-refractivity contribution in [2.75, 3.05) is 0 Å². The molecule has 130 valence electrons. The summed E-state index contributed by atoms with van der Waals surface area (Å²) in [6.07, 6.45) is 7.02. The Morgan fingerprint density at radius 2 is 1.44 bits per heavy atom. The van der Waals surface area contributed by atoms with Gasteiger partial charge in [-0.3, -0.25) is 4.98 Å². The normalized spacial score (nSPS) is 14.4. The van der Waals surface area contributed by atoms with Crippen LogP contribution >= 0.6 is 0 Å². The molecule has 1 heteroatoms. The fourth-order valence-corrected chi connectivity index (χ4v) is 4.20. The van der Waals surface area contributed by atoms with Gasteiger partial charge in [0.2, 0.25) is 0 Å². The summed E-state index contributed by atoms with van der Waals surface area (Å²) in [6.45, 7) is 0. The van der Waals surface area contributed by atoms with E-state index >= 15 is 0 Å². The molecule has 0 spiro atoms. The van der Waals surface area contributed by atoms with Gasteiger partial charge in [-0.15, -0.1) is 0 Å². The second kappa shape index (κ2) is 6.89. The largest absolute Gasteiger partial charge is 0.256 e. The lowest BCUT2D eigenvalue weighted by Crippen LogP contribution is -1.93. The van der Waals surface area contributed by atoms with Crippen LogP contribution in [-0.2, 0) is 0 Å². The van der Waals surface area contributed by atoms with Crippen molar-refractivity contribution in [1.29, 1.82) is 0 Å². The van der Waals surface area contributed by atoms with Crippen LogP contribution in [0.1, 0.15) is 31.2 Å². The molecule has 0 saturated heterocycles. The van der Waals surface area contributed by atoms with Crippen molar-refractivity contribution >= 4 is 21.5 Å². The van der Waals surface area contributed by atoms with E-state index in [2.05, 4.69) is 78.6 Å². The minimum Gasteiger partial charge on any atom is -0.256 e. The number of pyridine rings is 1. The first-order valence-electron chi connectivity index (χ1n) is 9.77. The highest BCUT2D eigenvalue weighted by Gasteiger charge is 2.15. The molecule has 1 nitrogen and oxygen atoms in total. The molecular weight excluding hydrogens is 326 g/mol. The van der Waals surface area contributed by atoms with E-state index in [0.717, 1.165) is 16.8 Å². The van der Waals surface area contributed by atoms with Crippen LogP contribution in [0.15, 0.2) is 72.9 Å². The van der Waals surface area contributed by atoms with Crippen LogP contribution in [0, 0.1) is 17.8 Å². The van der Waals surface area contributed by atoms with Crippen molar-refractivity contribution in [2.45, 2.75) is 25.7 Å². The van der Waals surface area contributed by atoms with Crippen molar-refractivity contribution < 1.29 is 0 Å². The lowest BCUT2D eigenvalue weighted by Gasteiger charge is -2.12. The summed E-state index contributed by atoms with van der Waals surface area (Å²) < 4.78 is 0. The number of fused-ring (bicyclic) bond motifs is 2. The maximum atomic E-state index is 4.80. The molecule has 5 rings (SSSR count). The third-order valence-corrected chi connectivity index (χ3v) is 5.61. The highest BCUT2D eigenvalue weighted by Crippen LogP contribution is 2.35. The number of benzene rings is 3. The predicted octanol–water partition coefficient (Wildman–Crippen LogP) is 6.60. The summed E-state index contributed by atoms with van der Waals surface area (Å²) in [6, 6.07) is 23.5. The topological polar surface area (TPSA) is 12.9 Å². The molecule has 3 aromatic carbocycles. The SMILES string of the molecule is C(#CC1CCCC1)c1ccc2ccccc2c1-c1nccc2ccccc12. The number of hydrogen-bond donors (Lipinski definition) is 0. The van der Waals surface area contributed by atoms with Gasteiger partial charge in [0.15, 0.2) is 0 Å². The first kappa shape index (κ1) is 16.1. The Bertz CT molecular complexity index is 1180. The molecule has 1 aliphatic rings. The number of aromatic nitrogens is 1. The zero-order valence-electron chi connectivity index (χ0n) is 15.3. The van der Waals surface area contributed by atoms with Gasteiger partial charge in [-0.2, -0.15) is 0 Å². The Labute approximate surface area is 160 Å². The summed E-state index contributed by atoms with van der Waals surface area (Å²) in [5.41, 5.74) is 3.28. The van der Waals surface area contributed by atoms with Gasteiger partial charge in [0.1, 0.15) is 0 Å². The molecule has 0 radical (unpaired) electrons. The van der Waals surface area contributed by atoms with Gasteiger partial charge in [0, 0.05) is 28.6 Å². The van der Waals surface area contributed by atoms with E-state index in [0.29, 0.717) is 5.92 Å². The average Bonchev–Trinajstić information content (AvgIpc) is 3.25. The quantitative estimate of drug-likeness (QED) is 0.354. The van der Waals surface area contributed by atoms with E-state index in [-0.39, 0.29) is 0 Å². The molecule has 1 aromatic heterocycles. The Morgan fingerprint density at radius 3 is 2.26 bits per heavy atom. The Kier molecular flexibility index (Phi) is 4.11.